The number of anilines is 2. The van der Waals surface area contributed by atoms with Crippen molar-refractivity contribution in [2.24, 2.45) is 0 Å². The van der Waals surface area contributed by atoms with E-state index in [9.17, 15) is 0 Å². The van der Waals surface area contributed by atoms with Crippen LogP contribution < -0.4 is 15.1 Å². The maximum atomic E-state index is 4.62. The highest BCUT2D eigenvalue weighted by Gasteiger charge is 2.20. The Morgan fingerprint density at radius 3 is 3.05 bits per heavy atom. The van der Waals surface area contributed by atoms with Crippen molar-refractivity contribution >= 4 is 11.8 Å². The van der Waals surface area contributed by atoms with E-state index in [0.29, 0.717) is 6.04 Å². The SMILES string of the molecule is CCCNC1CCCN(c2ccnc(N(C)C)n2)C1. The fourth-order valence-corrected chi connectivity index (χ4v) is 2.43. The van der Waals surface area contributed by atoms with E-state index in [1.807, 2.05) is 31.3 Å². The molecular formula is C14H25N5. The van der Waals surface area contributed by atoms with Gasteiger partial charge in [-0.15, -0.1) is 0 Å². The first-order valence-corrected chi connectivity index (χ1v) is 7.19. The van der Waals surface area contributed by atoms with Gasteiger partial charge in [0.2, 0.25) is 5.95 Å². The molecule has 1 saturated heterocycles. The van der Waals surface area contributed by atoms with E-state index in [1.165, 1.54) is 19.3 Å². The predicted molar refractivity (Wildman–Crippen MR) is 79.9 cm³/mol. The normalized spacial score (nSPS) is 19.5. The summed E-state index contributed by atoms with van der Waals surface area (Å²) >= 11 is 0. The van der Waals surface area contributed by atoms with Crippen LogP contribution in [-0.4, -0.2) is 49.7 Å². The van der Waals surface area contributed by atoms with E-state index in [4.69, 9.17) is 0 Å². The van der Waals surface area contributed by atoms with Crippen molar-refractivity contribution in [3.05, 3.63) is 12.3 Å². The summed E-state index contributed by atoms with van der Waals surface area (Å²) in [6.07, 6.45) is 5.53. The number of piperidine rings is 1. The van der Waals surface area contributed by atoms with Crippen LogP contribution in [0.3, 0.4) is 0 Å². The lowest BCUT2D eigenvalue weighted by atomic mass is 10.1. The summed E-state index contributed by atoms with van der Waals surface area (Å²) in [5.74, 6) is 1.82. The Morgan fingerprint density at radius 1 is 1.47 bits per heavy atom. The van der Waals surface area contributed by atoms with Gasteiger partial charge in [0.1, 0.15) is 5.82 Å². The highest BCUT2D eigenvalue weighted by molar-refractivity contribution is 5.43. The molecule has 106 valence electrons. The molecule has 0 radical (unpaired) electrons. The van der Waals surface area contributed by atoms with Gasteiger partial charge in [0.15, 0.2) is 0 Å². The summed E-state index contributed by atoms with van der Waals surface area (Å²) in [6, 6.07) is 2.60. The fourth-order valence-electron chi connectivity index (χ4n) is 2.43. The maximum Gasteiger partial charge on any atom is 0.226 e. The zero-order chi connectivity index (χ0) is 13.7. The first-order valence-electron chi connectivity index (χ1n) is 7.19. The molecule has 5 heteroatoms. The number of aromatic nitrogens is 2. The van der Waals surface area contributed by atoms with Gasteiger partial charge >= 0.3 is 0 Å². The lowest BCUT2D eigenvalue weighted by Crippen LogP contribution is -2.46. The third kappa shape index (κ3) is 3.80. The first-order chi connectivity index (χ1) is 9.20. The molecule has 2 rings (SSSR count). The third-order valence-electron chi connectivity index (χ3n) is 3.46. The van der Waals surface area contributed by atoms with E-state index in [-0.39, 0.29) is 0 Å². The van der Waals surface area contributed by atoms with Gasteiger partial charge in [-0.25, -0.2) is 4.98 Å². The molecular weight excluding hydrogens is 238 g/mol. The van der Waals surface area contributed by atoms with Gasteiger partial charge in [0.25, 0.3) is 0 Å². The first kappa shape index (κ1) is 14.1. The Kier molecular flexibility index (Phi) is 4.96. The van der Waals surface area contributed by atoms with Crippen molar-refractivity contribution < 1.29 is 0 Å². The second-order valence-electron chi connectivity index (χ2n) is 5.35. The van der Waals surface area contributed by atoms with Gasteiger partial charge in [-0.05, 0) is 31.9 Å². The third-order valence-corrected chi connectivity index (χ3v) is 3.46. The minimum absolute atomic E-state index is 0.589. The molecule has 1 aromatic rings. The molecule has 1 aromatic heterocycles. The van der Waals surface area contributed by atoms with Gasteiger partial charge < -0.3 is 15.1 Å². The standard InChI is InChI=1S/C14H25N5/c1-4-8-15-12-6-5-10-19(11-12)13-7-9-16-14(17-13)18(2)3/h7,9,12,15H,4-6,8,10-11H2,1-3H3. The zero-order valence-electron chi connectivity index (χ0n) is 12.3. The minimum Gasteiger partial charge on any atom is -0.355 e. The molecule has 1 aliphatic rings. The fraction of sp³-hybridized carbons (Fsp3) is 0.714. The molecule has 0 amide bonds. The van der Waals surface area contributed by atoms with Crippen molar-refractivity contribution in [1.29, 1.82) is 0 Å². The van der Waals surface area contributed by atoms with Crippen molar-refractivity contribution in [2.75, 3.05) is 43.5 Å². The van der Waals surface area contributed by atoms with Gasteiger partial charge in [0, 0.05) is 39.4 Å². The van der Waals surface area contributed by atoms with Gasteiger partial charge in [-0.1, -0.05) is 6.92 Å². The summed E-state index contributed by atoms with van der Waals surface area (Å²) in [5.41, 5.74) is 0. The number of nitrogens with zero attached hydrogens (tertiary/aromatic N) is 4. The van der Waals surface area contributed by atoms with Crippen LogP contribution >= 0.6 is 0 Å². The van der Waals surface area contributed by atoms with E-state index in [0.717, 1.165) is 31.4 Å². The smallest absolute Gasteiger partial charge is 0.226 e. The number of hydrogen-bond acceptors (Lipinski definition) is 5. The van der Waals surface area contributed by atoms with E-state index < -0.39 is 0 Å². The highest BCUT2D eigenvalue weighted by atomic mass is 15.3. The Labute approximate surface area is 116 Å². The predicted octanol–water partition coefficient (Wildman–Crippen LogP) is 1.51. The summed E-state index contributed by atoms with van der Waals surface area (Å²) in [6.45, 7) is 5.45. The highest BCUT2D eigenvalue weighted by Crippen LogP contribution is 2.19. The molecule has 1 atom stereocenters. The number of rotatable bonds is 5. The molecule has 0 bridgehead atoms. The van der Waals surface area contributed by atoms with Crippen LogP contribution in [0.1, 0.15) is 26.2 Å². The number of nitrogens with one attached hydrogen (secondary N) is 1. The summed E-state index contributed by atoms with van der Waals surface area (Å²) in [7, 11) is 3.95. The molecule has 0 aromatic carbocycles. The van der Waals surface area contributed by atoms with Crippen LogP contribution in [0, 0.1) is 0 Å². The Bertz CT molecular complexity index is 393. The largest absolute Gasteiger partial charge is 0.355 e. The molecule has 0 spiro atoms. The lowest BCUT2D eigenvalue weighted by molar-refractivity contribution is 0.421. The van der Waals surface area contributed by atoms with Crippen molar-refractivity contribution in [1.82, 2.24) is 15.3 Å². The number of hydrogen-bond donors (Lipinski definition) is 1. The molecule has 2 heterocycles. The lowest BCUT2D eigenvalue weighted by Gasteiger charge is -2.34. The molecule has 1 fully saturated rings. The van der Waals surface area contributed by atoms with Gasteiger partial charge in [-0.2, -0.15) is 4.98 Å². The summed E-state index contributed by atoms with van der Waals surface area (Å²) in [4.78, 5) is 13.2. The zero-order valence-corrected chi connectivity index (χ0v) is 12.3. The van der Waals surface area contributed by atoms with Crippen LogP contribution in [0.2, 0.25) is 0 Å². The monoisotopic (exact) mass is 263 g/mol. The summed E-state index contributed by atoms with van der Waals surface area (Å²) < 4.78 is 0. The Hall–Kier alpha value is -1.36. The molecule has 0 saturated carbocycles. The molecule has 5 nitrogen and oxygen atoms in total. The van der Waals surface area contributed by atoms with E-state index >= 15 is 0 Å². The second-order valence-corrected chi connectivity index (χ2v) is 5.35. The topological polar surface area (TPSA) is 44.3 Å². The van der Waals surface area contributed by atoms with E-state index in [1.54, 1.807) is 0 Å². The average molecular weight is 263 g/mol. The van der Waals surface area contributed by atoms with E-state index in [2.05, 4.69) is 27.1 Å². The Balaban J connectivity index is 2.02. The van der Waals surface area contributed by atoms with Gasteiger partial charge in [0.05, 0.1) is 0 Å². The van der Waals surface area contributed by atoms with Crippen LogP contribution in [0.25, 0.3) is 0 Å². The molecule has 0 aliphatic carbocycles. The van der Waals surface area contributed by atoms with Crippen molar-refractivity contribution in [2.45, 2.75) is 32.2 Å². The molecule has 19 heavy (non-hydrogen) atoms. The maximum absolute atomic E-state index is 4.62. The summed E-state index contributed by atoms with van der Waals surface area (Å²) in [5, 5.41) is 3.61. The van der Waals surface area contributed by atoms with Gasteiger partial charge in [-0.3, -0.25) is 0 Å². The second kappa shape index (κ2) is 6.70. The molecule has 1 aliphatic heterocycles. The average Bonchev–Trinajstić information content (AvgIpc) is 2.45. The van der Waals surface area contributed by atoms with Crippen molar-refractivity contribution in [3.63, 3.8) is 0 Å². The Morgan fingerprint density at radius 2 is 2.32 bits per heavy atom. The van der Waals surface area contributed by atoms with Crippen LogP contribution in [0.4, 0.5) is 11.8 Å². The molecule has 1 unspecified atom stereocenters. The van der Waals surface area contributed by atoms with Crippen LogP contribution in [0.15, 0.2) is 12.3 Å². The van der Waals surface area contributed by atoms with Crippen LogP contribution in [-0.2, 0) is 0 Å². The van der Waals surface area contributed by atoms with Crippen LogP contribution in [0.5, 0.6) is 0 Å². The quantitative estimate of drug-likeness (QED) is 0.872. The van der Waals surface area contributed by atoms with Crippen molar-refractivity contribution in [3.8, 4) is 0 Å². The molecule has 1 N–H and O–H groups in total. The minimum atomic E-state index is 0.589.